The Hall–Kier alpha value is -1.98. The van der Waals surface area contributed by atoms with E-state index in [9.17, 15) is 18.3 Å². The maximum absolute atomic E-state index is 12.3. The molecule has 3 nitrogen and oxygen atoms in total. The van der Waals surface area contributed by atoms with Crippen LogP contribution in [0.1, 0.15) is 11.3 Å². The average molecular weight is 243 g/mol. The van der Waals surface area contributed by atoms with Crippen molar-refractivity contribution in [3.63, 3.8) is 0 Å². The Labute approximate surface area is 94.5 Å². The van der Waals surface area contributed by atoms with Crippen molar-refractivity contribution in [1.82, 2.24) is 5.16 Å². The van der Waals surface area contributed by atoms with Gasteiger partial charge in [-0.15, -0.1) is 0 Å². The van der Waals surface area contributed by atoms with Gasteiger partial charge in [0, 0.05) is 12.5 Å². The van der Waals surface area contributed by atoms with Crippen molar-refractivity contribution in [3.05, 3.63) is 35.6 Å². The first kappa shape index (κ1) is 11.5. The SMILES string of the molecule is Cc1onc(-c2ccc(C(F)(F)F)cc2)c1O. The van der Waals surface area contributed by atoms with Gasteiger partial charge in [0.2, 0.25) is 0 Å². The van der Waals surface area contributed by atoms with Crippen LogP contribution in [0, 0.1) is 6.92 Å². The minimum Gasteiger partial charge on any atom is -0.503 e. The molecule has 2 aromatic rings. The van der Waals surface area contributed by atoms with Gasteiger partial charge in [0.15, 0.2) is 17.2 Å². The van der Waals surface area contributed by atoms with Gasteiger partial charge in [-0.3, -0.25) is 0 Å². The number of aromatic nitrogens is 1. The van der Waals surface area contributed by atoms with Gasteiger partial charge in [0.05, 0.1) is 5.56 Å². The summed E-state index contributed by atoms with van der Waals surface area (Å²) in [5.74, 6) is 0.0599. The molecular weight excluding hydrogens is 235 g/mol. The number of hydrogen-bond donors (Lipinski definition) is 1. The lowest BCUT2D eigenvalue weighted by Crippen LogP contribution is -2.03. The van der Waals surface area contributed by atoms with Crippen LogP contribution in [0.5, 0.6) is 5.75 Å². The molecule has 2 rings (SSSR count). The van der Waals surface area contributed by atoms with Crippen molar-refractivity contribution in [1.29, 1.82) is 0 Å². The van der Waals surface area contributed by atoms with Crippen molar-refractivity contribution in [2.45, 2.75) is 13.1 Å². The van der Waals surface area contributed by atoms with E-state index in [-0.39, 0.29) is 17.2 Å². The van der Waals surface area contributed by atoms with Crippen LogP contribution in [-0.4, -0.2) is 10.3 Å². The minimum atomic E-state index is -4.37. The summed E-state index contributed by atoms with van der Waals surface area (Å²) in [5.41, 5.74) is -0.246. The normalized spacial score (nSPS) is 11.8. The Kier molecular flexibility index (Phi) is 2.57. The Balaban J connectivity index is 2.40. The van der Waals surface area contributed by atoms with Crippen LogP contribution in [0.3, 0.4) is 0 Å². The molecule has 1 aromatic carbocycles. The lowest BCUT2D eigenvalue weighted by atomic mass is 10.1. The monoisotopic (exact) mass is 243 g/mol. The van der Waals surface area contributed by atoms with E-state index in [1.54, 1.807) is 0 Å². The molecule has 17 heavy (non-hydrogen) atoms. The Morgan fingerprint density at radius 1 is 1.18 bits per heavy atom. The highest BCUT2D eigenvalue weighted by Crippen LogP contribution is 2.34. The molecule has 0 aliphatic rings. The van der Waals surface area contributed by atoms with Crippen molar-refractivity contribution in [2.75, 3.05) is 0 Å². The lowest BCUT2D eigenvalue weighted by Gasteiger charge is -2.06. The smallest absolute Gasteiger partial charge is 0.416 e. The molecule has 0 spiro atoms. The molecular formula is C11H8F3NO2. The minimum absolute atomic E-state index is 0.135. The van der Waals surface area contributed by atoms with Gasteiger partial charge < -0.3 is 9.63 Å². The number of rotatable bonds is 1. The molecule has 0 fully saturated rings. The van der Waals surface area contributed by atoms with Crippen LogP contribution in [0.15, 0.2) is 28.8 Å². The van der Waals surface area contributed by atoms with E-state index in [4.69, 9.17) is 4.52 Å². The van der Waals surface area contributed by atoms with E-state index in [1.165, 1.54) is 19.1 Å². The molecule has 0 atom stereocenters. The molecule has 0 saturated carbocycles. The molecule has 6 heteroatoms. The highest BCUT2D eigenvalue weighted by Gasteiger charge is 2.30. The second-order valence-electron chi connectivity index (χ2n) is 3.51. The third kappa shape index (κ3) is 2.11. The second-order valence-corrected chi connectivity index (χ2v) is 3.51. The van der Waals surface area contributed by atoms with Gasteiger partial charge in [-0.05, 0) is 12.1 Å². The largest absolute Gasteiger partial charge is 0.503 e. The van der Waals surface area contributed by atoms with Crippen LogP contribution in [0.25, 0.3) is 11.3 Å². The molecule has 0 aliphatic heterocycles. The Bertz CT molecular complexity index is 529. The van der Waals surface area contributed by atoms with E-state index in [0.717, 1.165) is 12.1 Å². The third-order valence-electron chi connectivity index (χ3n) is 2.32. The summed E-state index contributed by atoms with van der Waals surface area (Å²) in [5, 5.41) is 13.1. The molecule has 1 aromatic heterocycles. The Morgan fingerprint density at radius 2 is 1.76 bits per heavy atom. The van der Waals surface area contributed by atoms with Gasteiger partial charge in [0.25, 0.3) is 0 Å². The first-order valence-corrected chi connectivity index (χ1v) is 4.72. The quantitative estimate of drug-likeness (QED) is 0.835. The Morgan fingerprint density at radius 3 is 2.18 bits per heavy atom. The molecule has 1 N–H and O–H groups in total. The summed E-state index contributed by atoms with van der Waals surface area (Å²) in [6, 6.07) is 4.33. The fraction of sp³-hybridized carbons (Fsp3) is 0.182. The molecule has 0 unspecified atom stereocenters. The number of aryl methyl sites for hydroxylation is 1. The molecule has 1 heterocycles. The van der Waals surface area contributed by atoms with E-state index in [0.29, 0.717) is 5.56 Å². The molecule has 90 valence electrons. The number of aromatic hydroxyl groups is 1. The lowest BCUT2D eigenvalue weighted by molar-refractivity contribution is -0.137. The molecule has 0 saturated heterocycles. The van der Waals surface area contributed by atoms with Crippen molar-refractivity contribution in [3.8, 4) is 17.0 Å². The summed E-state index contributed by atoms with van der Waals surface area (Å²) in [4.78, 5) is 0. The third-order valence-corrected chi connectivity index (χ3v) is 2.32. The second kappa shape index (κ2) is 3.80. The predicted molar refractivity (Wildman–Crippen MR) is 53.3 cm³/mol. The number of halogens is 3. The zero-order chi connectivity index (χ0) is 12.6. The fourth-order valence-corrected chi connectivity index (χ4v) is 1.37. The van der Waals surface area contributed by atoms with E-state index in [1.807, 2.05) is 0 Å². The number of hydrogen-bond acceptors (Lipinski definition) is 3. The van der Waals surface area contributed by atoms with E-state index >= 15 is 0 Å². The van der Waals surface area contributed by atoms with Crippen molar-refractivity contribution < 1.29 is 22.8 Å². The zero-order valence-electron chi connectivity index (χ0n) is 8.75. The number of alkyl halides is 3. The summed E-state index contributed by atoms with van der Waals surface area (Å²) in [6.07, 6.45) is -4.37. The number of benzene rings is 1. The molecule has 0 radical (unpaired) electrons. The van der Waals surface area contributed by atoms with Gasteiger partial charge in [-0.2, -0.15) is 13.2 Å². The first-order chi connectivity index (χ1) is 7.89. The predicted octanol–water partition coefficient (Wildman–Crippen LogP) is 3.37. The summed E-state index contributed by atoms with van der Waals surface area (Å²) in [6.45, 7) is 1.51. The van der Waals surface area contributed by atoms with Crippen LogP contribution in [0.2, 0.25) is 0 Å². The molecule has 0 amide bonds. The fourth-order valence-electron chi connectivity index (χ4n) is 1.37. The first-order valence-electron chi connectivity index (χ1n) is 4.72. The van der Waals surface area contributed by atoms with Crippen molar-refractivity contribution in [2.24, 2.45) is 0 Å². The van der Waals surface area contributed by atoms with E-state index < -0.39 is 11.7 Å². The summed E-state index contributed by atoms with van der Waals surface area (Å²) >= 11 is 0. The van der Waals surface area contributed by atoms with Crippen LogP contribution < -0.4 is 0 Å². The average Bonchev–Trinajstić information content (AvgIpc) is 2.59. The van der Waals surface area contributed by atoms with Gasteiger partial charge in [-0.1, -0.05) is 17.3 Å². The zero-order valence-corrected chi connectivity index (χ0v) is 8.75. The highest BCUT2D eigenvalue weighted by molar-refractivity contribution is 5.66. The summed E-state index contributed by atoms with van der Waals surface area (Å²) in [7, 11) is 0. The van der Waals surface area contributed by atoms with Gasteiger partial charge >= 0.3 is 6.18 Å². The maximum Gasteiger partial charge on any atom is 0.416 e. The van der Waals surface area contributed by atoms with Crippen molar-refractivity contribution >= 4 is 0 Å². The maximum atomic E-state index is 12.3. The van der Waals surface area contributed by atoms with Crippen LogP contribution >= 0.6 is 0 Å². The van der Waals surface area contributed by atoms with Crippen LogP contribution in [0.4, 0.5) is 13.2 Å². The standard InChI is InChI=1S/C11H8F3NO2/c1-6-10(16)9(15-17-6)7-2-4-8(5-3-7)11(12,13)14/h2-5,16H,1H3. The molecule has 0 bridgehead atoms. The summed E-state index contributed by atoms with van der Waals surface area (Å²) < 4.78 is 41.7. The number of nitrogens with zero attached hydrogens (tertiary/aromatic N) is 1. The van der Waals surface area contributed by atoms with Gasteiger partial charge in [-0.25, -0.2) is 0 Å². The van der Waals surface area contributed by atoms with Crippen LogP contribution in [-0.2, 0) is 6.18 Å². The van der Waals surface area contributed by atoms with E-state index in [2.05, 4.69) is 5.16 Å². The highest BCUT2D eigenvalue weighted by atomic mass is 19.4. The van der Waals surface area contributed by atoms with Gasteiger partial charge in [0.1, 0.15) is 0 Å². The molecule has 0 aliphatic carbocycles. The topological polar surface area (TPSA) is 46.3 Å².